The van der Waals surface area contributed by atoms with E-state index in [-0.39, 0.29) is 0 Å². The molecular weight excluding hydrogens is 202 g/mol. The minimum absolute atomic E-state index is 1.09. The van der Waals surface area contributed by atoms with Gasteiger partial charge in [-0.2, -0.15) is 0 Å². The predicted molar refractivity (Wildman–Crippen MR) is 66.7 cm³/mol. The summed E-state index contributed by atoms with van der Waals surface area (Å²) in [5.74, 6) is 0. The molecule has 0 unspecified atom stereocenters. The van der Waals surface area contributed by atoms with Crippen molar-refractivity contribution in [3.05, 3.63) is 54.1 Å². The average molecular weight is 215 g/mol. The van der Waals surface area contributed by atoms with Crippen LogP contribution in [0.25, 0.3) is 11.1 Å². The molecule has 0 aliphatic carbocycles. The van der Waals surface area contributed by atoms with Crippen LogP contribution in [-0.4, -0.2) is 0 Å². The topological polar surface area (TPSA) is 26.0 Å². The van der Waals surface area contributed by atoms with Gasteiger partial charge in [0.2, 0.25) is 0 Å². The number of nitrogens with two attached hydrogens (primary N) is 1. The SMILES string of the molecule is Cc1ccc(-c2ccc(SN)cc2)cc1. The Bertz CT molecular complexity index is 431. The summed E-state index contributed by atoms with van der Waals surface area (Å²) in [4.78, 5) is 1.09. The van der Waals surface area contributed by atoms with E-state index in [1.807, 2.05) is 12.1 Å². The number of benzene rings is 2. The second kappa shape index (κ2) is 4.51. The van der Waals surface area contributed by atoms with E-state index < -0.39 is 0 Å². The van der Waals surface area contributed by atoms with Crippen LogP contribution < -0.4 is 5.14 Å². The van der Waals surface area contributed by atoms with E-state index in [9.17, 15) is 0 Å². The third kappa shape index (κ3) is 2.41. The third-order valence-corrected chi connectivity index (χ3v) is 2.92. The van der Waals surface area contributed by atoms with Crippen LogP contribution in [-0.2, 0) is 0 Å². The Morgan fingerprint density at radius 1 is 0.800 bits per heavy atom. The summed E-state index contributed by atoms with van der Waals surface area (Å²) in [6.07, 6.45) is 0. The number of hydrogen-bond donors (Lipinski definition) is 1. The zero-order chi connectivity index (χ0) is 10.7. The van der Waals surface area contributed by atoms with Crippen LogP contribution in [0.4, 0.5) is 0 Å². The number of rotatable bonds is 2. The predicted octanol–water partition coefficient (Wildman–Crippen LogP) is 3.63. The molecule has 0 radical (unpaired) electrons. The Balaban J connectivity index is 2.33. The van der Waals surface area contributed by atoms with Crippen molar-refractivity contribution < 1.29 is 0 Å². The molecule has 0 bridgehead atoms. The first-order valence-electron chi connectivity index (χ1n) is 4.83. The Hall–Kier alpha value is -1.25. The third-order valence-electron chi connectivity index (χ3n) is 2.38. The van der Waals surface area contributed by atoms with Gasteiger partial charge in [-0.3, -0.25) is 5.14 Å². The molecule has 0 fully saturated rings. The van der Waals surface area contributed by atoms with Gasteiger partial charge in [0.1, 0.15) is 0 Å². The van der Waals surface area contributed by atoms with Crippen molar-refractivity contribution in [3.8, 4) is 11.1 Å². The normalized spacial score (nSPS) is 10.3. The quantitative estimate of drug-likeness (QED) is 0.774. The summed E-state index contributed by atoms with van der Waals surface area (Å²) in [7, 11) is 0. The van der Waals surface area contributed by atoms with Gasteiger partial charge in [0, 0.05) is 4.90 Å². The summed E-state index contributed by atoms with van der Waals surface area (Å²) in [5.41, 5.74) is 3.76. The molecule has 0 saturated heterocycles. The lowest BCUT2D eigenvalue weighted by molar-refractivity contribution is 1.44. The molecule has 2 N–H and O–H groups in total. The van der Waals surface area contributed by atoms with Crippen LogP contribution in [0.15, 0.2) is 53.4 Å². The van der Waals surface area contributed by atoms with E-state index in [1.165, 1.54) is 28.6 Å². The molecule has 76 valence electrons. The van der Waals surface area contributed by atoms with Gasteiger partial charge in [-0.25, -0.2) is 0 Å². The van der Waals surface area contributed by atoms with Gasteiger partial charge in [-0.1, -0.05) is 42.0 Å². The van der Waals surface area contributed by atoms with Crippen LogP contribution in [0, 0.1) is 6.92 Å². The van der Waals surface area contributed by atoms with E-state index in [1.54, 1.807) is 0 Å². The molecule has 2 heteroatoms. The molecule has 0 aliphatic heterocycles. The molecule has 2 aromatic rings. The minimum atomic E-state index is 1.09. The van der Waals surface area contributed by atoms with Gasteiger partial charge in [0.15, 0.2) is 0 Å². The highest BCUT2D eigenvalue weighted by Crippen LogP contribution is 2.22. The van der Waals surface area contributed by atoms with E-state index in [0.717, 1.165) is 4.90 Å². The van der Waals surface area contributed by atoms with E-state index >= 15 is 0 Å². The second-order valence-corrected chi connectivity index (χ2v) is 4.22. The summed E-state index contributed by atoms with van der Waals surface area (Å²) < 4.78 is 0. The highest BCUT2D eigenvalue weighted by Gasteiger charge is 1.97. The first-order valence-corrected chi connectivity index (χ1v) is 5.71. The summed E-state index contributed by atoms with van der Waals surface area (Å²) in [5, 5.41) is 5.48. The van der Waals surface area contributed by atoms with Gasteiger partial charge in [-0.15, -0.1) is 0 Å². The van der Waals surface area contributed by atoms with E-state index in [4.69, 9.17) is 5.14 Å². The maximum Gasteiger partial charge on any atom is 0.0226 e. The molecule has 0 heterocycles. The van der Waals surface area contributed by atoms with Crippen LogP contribution in [0.1, 0.15) is 5.56 Å². The van der Waals surface area contributed by atoms with Gasteiger partial charge >= 0.3 is 0 Å². The molecule has 2 rings (SSSR count). The maximum atomic E-state index is 5.48. The zero-order valence-corrected chi connectivity index (χ0v) is 9.42. The lowest BCUT2D eigenvalue weighted by Gasteiger charge is -2.03. The first kappa shape index (κ1) is 10.3. The van der Waals surface area contributed by atoms with Crippen molar-refractivity contribution in [2.75, 3.05) is 0 Å². The Labute approximate surface area is 94.5 Å². The molecule has 0 aliphatic rings. The fraction of sp³-hybridized carbons (Fsp3) is 0.0769. The summed E-state index contributed by atoms with van der Waals surface area (Å²) in [6.45, 7) is 2.10. The lowest BCUT2D eigenvalue weighted by Crippen LogP contribution is -1.81. The molecule has 2 aromatic carbocycles. The average Bonchev–Trinajstić information content (AvgIpc) is 2.30. The van der Waals surface area contributed by atoms with Gasteiger partial charge < -0.3 is 0 Å². The fourth-order valence-electron chi connectivity index (χ4n) is 1.47. The molecule has 0 amide bonds. The highest BCUT2D eigenvalue weighted by atomic mass is 32.2. The van der Waals surface area contributed by atoms with Crippen molar-refractivity contribution >= 4 is 11.9 Å². The molecule has 0 aromatic heterocycles. The molecular formula is C13H13NS. The Morgan fingerprint density at radius 3 is 1.73 bits per heavy atom. The molecule has 0 spiro atoms. The van der Waals surface area contributed by atoms with Gasteiger partial charge in [0.05, 0.1) is 0 Å². The van der Waals surface area contributed by atoms with E-state index in [0.29, 0.717) is 0 Å². The van der Waals surface area contributed by atoms with Crippen LogP contribution in [0.3, 0.4) is 0 Å². The number of aryl methyl sites for hydroxylation is 1. The zero-order valence-electron chi connectivity index (χ0n) is 8.60. The van der Waals surface area contributed by atoms with Gasteiger partial charge in [0.25, 0.3) is 0 Å². The lowest BCUT2D eigenvalue weighted by atomic mass is 10.0. The molecule has 1 nitrogen and oxygen atoms in total. The molecule has 0 atom stereocenters. The summed E-state index contributed by atoms with van der Waals surface area (Å²) >= 11 is 1.28. The van der Waals surface area contributed by atoms with Crippen molar-refractivity contribution in [2.45, 2.75) is 11.8 Å². The van der Waals surface area contributed by atoms with Crippen molar-refractivity contribution in [1.29, 1.82) is 0 Å². The van der Waals surface area contributed by atoms with Crippen molar-refractivity contribution in [2.24, 2.45) is 5.14 Å². The van der Waals surface area contributed by atoms with E-state index in [2.05, 4.69) is 43.3 Å². The van der Waals surface area contributed by atoms with Crippen molar-refractivity contribution in [1.82, 2.24) is 0 Å². The smallest absolute Gasteiger partial charge is 0.0226 e. The maximum absolute atomic E-state index is 5.48. The van der Waals surface area contributed by atoms with Crippen LogP contribution in [0.2, 0.25) is 0 Å². The Kier molecular flexibility index (Phi) is 3.09. The van der Waals surface area contributed by atoms with Gasteiger partial charge in [-0.05, 0) is 42.1 Å². The largest absolute Gasteiger partial charge is 0.274 e. The van der Waals surface area contributed by atoms with Crippen LogP contribution >= 0.6 is 11.9 Å². The van der Waals surface area contributed by atoms with Crippen molar-refractivity contribution in [3.63, 3.8) is 0 Å². The second-order valence-electron chi connectivity index (χ2n) is 3.51. The fourth-order valence-corrected chi connectivity index (χ4v) is 1.77. The Morgan fingerprint density at radius 2 is 1.27 bits per heavy atom. The minimum Gasteiger partial charge on any atom is -0.274 e. The molecule has 15 heavy (non-hydrogen) atoms. The monoisotopic (exact) mass is 215 g/mol. The first-order chi connectivity index (χ1) is 7.29. The standard InChI is InChI=1S/C13H13NS/c1-10-2-4-11(5-3-10)12-6-8-13(15-14)9-7-12/h2-9H,14H2,1H3. The molecule has 0 saturated carbocycles. The highest BCUT2D eigenvalue weighted by molar-refractivity contribution is 7.97. The number of hydrogen-bond acceptors (Lipinski definition) is 2. The van der Waals surface area contributed by atoms with Crippen LogP contribution in [0.5, 0.6) is 0 Å². The summed E-state index contributed by atoms with van der Waals surface area (Å²) in [6, 6.07) is 16.8.